The Hall–Kier alpha value is -5.37. The largest absolute Gasteiger partial charge is 0.390 e. The van der Waals surface area contributed by atoms with Crippen LogP contribution >= 0.6 is 11.6 Å². The van der Waals surface area contributed by atoms with E-state index in [0.29, 0.717) is 34.9 Å². The maximum Gasteiger partial charge on any atom is 0.184 e. The molecule has 0 spiro atoms. The second-order valence-electron chi connectivity index (χ2n) is 11.7. The normalized spacial score (nSPS) is 12.7. The summed E-state index contributed by atoms with van der Waals surface area (Å²) in [6.45, 7) is 1.65. The molecule has 7 aromatic rings. The van der Waals surface area contributed by atoms with Gasteiger partial charge < -0.3 is 9.67 Å². The number of imidazole rings is 1. The van der Waals surface area contributed by atoms with Gasteiger partial charge in [0.25, 0.3) is 0 Å². The van der Waals surface area contributed by atoms with E-state index in [0.717, 1.165) is 29.5 Å². The predicted octanol–water partition coefficient (Wildman–Crippen LogP) is 8.58. The number of unbranched alkanes of at least 4 members (excludes halogenated alkanes) is 1. The van der Waals surface area contributed by atoms with Gasteiger partial charge in [0.1, 0.15) is 11.4 Å². The number of hydrogen-bond donors (Lipinski definition) is 1. The number of hydrogen-bond acceptors (Lipinski definition) is 5. The molecule has 7 rings (SSSR count). The van der Waals surface area contributed by atoms with Crippen molar-refractivity contribution >= 4 is 11.6 Å². The molecule has 0 saturated heterocycles. The number of aromatic nitrogens is 6. The quantitative estimate of drug-likeness (QED) is 0.132. The molecule has 5 aromatic carbocycles. The summed E-state index contributed by atoms with van der Waals surface area (Å²) in [4.78, 5) is 4.45. The van der Waals surface area contributed by atoms with Crippen molar-refractivity contribution in [2.45, 2.75) is 44.9 Å². The molecule has 8 heteroatoms. The SMILES string of the molecule is [2H]c1c([2H])c(-c2ccccc2-c2nnnn2C(c2ccccc2)(c2ccccc2)c2ccccc2)c([2H])c([2H])c1Cn1c(CCCC)nc(Cl)c1CO. The molecule has 0 amide bonds. The van der Waals surface area contributed by atoms with Gasteiger partial charge in [0.15, 0.2) is 11.0 Å². The van der Waals surface area contributed by atoms with E-state index in [9.17, 15) is 10.6 Å². The zero-order valence-corrected chi connectivity index (χ0v) is 27.8. The number of aliphatic hydroxyl groups is 1. The van der Waals surface area contributed by atoms with Gasteiger partial charge in [-0.25, -0.2) is 9.67 Å². The number of tetrazole rings is 1. The van der Waals surface area contributed by atoms with E-state index in [2.05, 4.69) is 27.4 Å². The van der Waals surface area contributed by atoms with Crippen molar-refractivity contribution in [2.75, 3.05) is 0 Å². The van der Waals surface area contributed by atoms with E-state index in [1.165, 1.54) is 0 Å². The number of nitrogens with zero attached hydrogens (tertiary/aromatic N) is 6. The first kappa shape index (κ1) is 27.6. The van der Waals surface area contributed by atoms with Crippen LogP contribution in [0.5, 0.6) is 0 Å². The Labute approximate surface area is 297 Å². The van der Waals surface area contributed by atoms with Crippen molar-refractivity contribution < 1.29 is 10.6 Å². The van der Waals surface area contributed by atoms with Crippen LogP contribution in [-0.2, 0) is 25.1 Å². The van der Waals surface area contributed by atoms with E-state index in [1.807, 2.05) is 103 Å². The van der Waals surface area contributed by atoms with Crippen LogP contribution in [0, 0.1) is 0 Å². The Kier molecular flexibility index (Phi) is 8.10. The summed E-state index contributed by atoms with van der Waals surface area (Å²) in [5, 5.41) is 23.8. The van der Waals surface area contributed by atoms with E-state index in [-0.39, 0.29) is 53.6 Å². The minimum Gasteiger partial charge on any atom is -0.390 e. The molecule has 7 nitrogen and oxygen atoms in total. The van der Waals surface area contributed by atoms with Crippen molar-refractivity contribution in [1.82, 2.24) is 29.8 Å². The molecule has 0 radical (unpaired) electrons. The van der Waals surface area contributed by atoms with E-state index in [1.54, 1.807) is 21.4 Å². The Bertz CT molecular complexity index is 2240. The van der Waals surface area contributed by atoms with Gasteiger partial charge in [-0.2, -0.15) is 0 Å². The van der Waals surface area contributed by atoms with Crippen molar-refractivity contribution in [3.8, 4) is 22.5 Å². The van der Waals surface area contributed by atoms with Crippen LogP contribution in [0.1, 0.15) is 59.0 Å². The molecule has 0 fully saturated rings. The fourth-order valence-electron chi connectivity index (χ4n) is 6.46. The third-order valence-electron chi connectivity index (χ3n) is 8.80. The fourth-order valence-corrected chi connectivity index (χ4v) is 6.72. The van der Waals surface area contributed by atoms with Gasteiger partial charge in [-0.3, -0.25) is 0 Å². The molecular weight excluding hydrogens is 628 g/mol. The van der Waals surface area contributed by atoms with Gasteiger partial charge >= 0.3 is 0 Å². The average molecular weight is 669 g/mol. The summed E-state index contributed by atoms with van der Waals surface area (Å²) in [6.07, 6.45) is 2.35. The number of halogens is 1. The third-order valence-corrected chi connectivity index (χ3v) is 9.10. The van der Waals surface area contributed by atoms with Gasteiger partial charge in [-0.05, 0) is 50.2 Å². The van der Waals surface area contributed by atoms with Crippen molar-refractivity contribution in [2.24, 2.45) is 0 Å². The molecule has 0 bridgehead atoms. The van der Waals surface area contributed by atoms with Gasteiger partial charge in [-0.1, -0.05) is 164 Å². The van der Waals surface area contributed by atoms with Gasteiger partial charge in [0, 0.05) is 18.5 Å². The summed E-state index contributed by atoms with van der Waals surface area (Å²) in [6, 6.07) is 36.5. The Morgan fingerprint density at radius 3 is 1.86 bits per heavy atom. The van der Waals surface area contributed by atoms with Gasteiger partial charge in [0.05, 0.1) is 17.8 Å². The lowest BCUT2D eigenvalue weighted by Crippen LogP contribution is -2.39. The van der Waals surface area contributed by atoms with E-state index < -0.39 is 5.54 Å². The topological polar surface area (TPSA) is 81.7 Å². The lowest BCUT2D eigenvalue weighted by atomic mass is 9.77. The fraction of sp³-hybridized carbons (Fsp3) is 0.171. The van der Waals surface area contributed by atoms with Crippen molar-refractivity contribution in [3.63, 3.8) is 0 Å². The summed E-state index contributed by atoms with van der Waals surface area (Å²) in [5.41, 5.74) is 3.34. The summed E-state index contributed by atoms with van der Waals surface area (Å²) in [7, 11) is 0. The monoisotopic (exact) mass is 668 g/mol. The molecule has 0 unspecified atom stereocenters. The molecule has 0 saturated carbocycles. The minimum atomic E-state index is -1.04. The zero-order chi connectivity index (χ0) is 37.1. The third kappa shape index (κ3) is 6.07. The number of rotatable bonds is 12. The molecule has 0 aliphatic rings. The van der Waals surface area contributed by atoms with Crippen LogP contribution in [0.15, 0.2) is 139 Å². The Balaban J connectivity index is 1.43. The van der Waals surface area contributed by atoms with Crippen LogP contribution in [0.3, 0.4) is 0 Å². The highest BCUT2D eigenvalue weighted by Gasteiger charge is 2.42. The van der Waals surface area contributed by atoms with Crippen LogP contribution < -0.4 is 0 Å². The molecule has 244 valence electrons. The first-order chi connectivity index (χ1) is 25.8. The van der Waals surface area contributed by atoms with E-state index in [4.69, 9.17) is 11.6 Å². The van der Waals surface area contributed by atoms with Crippen LogP contribution in [0.25, 0.3) is 22.5 Å². The predicted molar refractivity (Wildman–Crippen MR) is 194 cm³/mol. The molecule has 1 N–H and O–H groups in total. The molecule has 0 aliphatic carbocycles. The molecule has 0 atom stereocenters. The lowest BCUT2D eigenvalue weighted by Gasteiger charge is -2.36. The summed E-state index contributed by atoms with van der Waals surface area (Å²) < 4.78 is 40.4. The second kappa shape index (κ2) is 14.4. The van der Waals surface area contributed by atoms with E-state index >= 15 is 0 Å². The molecular formula is C41H37ClN6O. The van der Waals surface area contributed by atoms with Crippen LogP contribution in [-0.4, -0.2) is 34.9 Å². The average Bonchev–Trinajstić information content (AvgIpc) is 3.80. The lowest BCUT2D eigenvalue weighted by molar-refractivity contribution is 0.271. The van der Waals surface area contributed by atoms with Crippen LogP contribution in [0.4, 0.5) is 0 Å². The highest BCUT2D eigenvalue weighted by atomic mass is 35.5. The highest BCUT2D eigenvalue weighted by molar-refractivity contribution is 6.30. The number of benzene rings is 5. The van der Waals surface area contributed by atoms with Gasteiger partial charge in [-0.15, -0.1) is 5.10 Å². The zero-order valence-electron chi connectivity index (χ0n) is 31.0. The minimum absolute atomic E-state index is 0.0298. The first-order valence-electron chi connectivity index (χ1n) is 18.3. The van der Waals surface area contributed by atoms with Crippen LogP contribution in [0.2, 0.25) is 5.15 Å². The van der Waals surface area contributed by atoms with Gasteiger partial charge in [0.2, 0.25) is 0 Å². The van der Waals surface area contributed by atoms with Crippen molar-refractivity contribution in [1.29, 1.82) is 0 Å². The summed E-state index contributed by atoms with van der Waals surface area (Å²) in [5.74, 6) is 0.997. The molecule has 49 heavy (non-hydrogen) atoms. The Morgan fingerprint density at radius 2 is 1.31 bits per heavy atom. The standard InChI is InChI=1S/C41H37ClN6O/c1-2-3-23-38-43-39(42)37(29-49)47(38)28-30-24-26-31(27-25-30)35-21-13-14-22-36(35)40-44-45-46-48(40)41(32-15-7-4-8-16-32,33-17-9-5-10-18-33)34-19-11-6-12-20-34/h4-22,24-27,49H,2-3,23,28-29H2,1H3/i24D,25D,26D,27D. The second-order valence-corrected chi connectivity index (χ2v) is 12.1. The molecule has 2 heterocycles. The summed E-state index contributed by atoms with van der Waals surface area (Å²) >= 11 is 6.39. The maximum absolute atomic E-state index is 10.1. The highest BCUT2D eigenvalue weighted by Crippen LogP contribution is 2.43. The molecule has 0 aliphatic heterocycles. The van der Waals surface area contributed by atoms with Crippen molar-refractivity contribution in [3.05, 3.63) is 178 Å². The maximum atomic E-state index is 10.1. The number of aliphatic hydroxyl groups excluding tert-OH is 1. The first-order valence-corrected chi connectivity index (χ1v) is 16.7. The Morgan fingerprint density at radius 1 is 0.755 bits per heavy atom. The smallest absolute Gasteiger partial charge is 0.184 e. The molecule has 2 aromatic heterocycles. The number of aryl methyl sites for hydroxylation is 1.